The van der Waals surface area contributed by atoms with E-state index in [1.807, 2.05) is 12.2 Å². The molecule has 8 nitrogen and oxygen atoms in total. The number of nitrogens with one attached hydrogen (secondary N) is 1. The van der Waals surface area contributed by atoms with Crippen LogP contribution in [0.25, 0.3) is 0 Å². The summed E-state index contributed by atoms with van der Waals surface area (Å²) < 4.78 is 5.17. The van der Waals surface area contributed by atoms with Crippen molar-refractivity contribution in [1.29, 1.82) is 0 Å². The molecule has 3 amide bonds. The number of carbonyl (C=O) groups excluding carboxylic acids is 4. The predicted molar refractivity (Wildman–Crippen MR) is 100 cm³/mol. The summed E-state index contributed by atoms with van der Waals surface area (Å²) in [6.07, 6.45) is 4.95. The second-order valence-corrected chi connectivity index (χ2v) is 7.24. The first kappa shape index (κ1) is 20.0. The van der Waals surface area contributed by atoms with Gasteiger partial charge >= 0.3 is 5.97 Å². The van der Waals surface area contributed by atoms with Gasteiger partial charge in [-0.25, -0.2) is 9.78 Å². The van der Waals surface area contributed by atoms with Crippen molar-refractivity contribution in [3.05, 3.63) is 35.5 Å². The lowest BCUT2D eigenvalue weighted by Gasteiger charge is -2.23. The Balaban J connectivity index is 1.60. The number of likely N-dealkylation sites (tertiary alicyclic amines) is 1. The average molecular weight is 406 g/mol. The highest BCUT2D eigenvalue weighted by atomic mass is 35.5. The number of fused-ring (bicyclic) bond motifs is 1. The minimum Gasteiger partial charge on any atom is -0.451 e. The Kier molecular flexibility index (Phi) is 5.79. The fourth-order valence-electron chi connectivity index (χ4n) is 3.32. The van der Waals surface area contributed by atoms with Crippen LogP contribution >= 0.6 is 11.6 Å². The molecule has 0 unspecified atom stereocenters. The molecule has 3 rings (SSSR count). The molecular weight excluding hydrogens is 386 g/mol. The maximum atomic E-state index is 12.5. The third-order valence-corrected chi connectivity index (χ3v) is 5.13. The van der Waals surface area contributed by atoms with E-state index in [0.717, 1.165) is 4.90 Å². The summed E-state index contributed by atoms with van der Waals surface area (Å²) in [6, 6.07) is 1.96. The van der Waals surface area contributed by atoms with E-state index in [1.165, 1.54) is 26.1 Å². The number of carbonyl (C=O) groups is 4. The third kappa shape index (κ3) is 3.91. The van der Waals surface area contributed by atoms with Gasteiger partial charge in [0.2, 0.25) is 11.8 Å². The van der Waals surface area contributed by atoms with Crippen molar-refractivity contribution >= 4 is 41.1 Å². The topological polar surface area (TPSA) is 106 Å². The summed E-state index contributed by atoms with van der Waals surface area (Å²) in [5.41, 5.74) is 0. The van der Waals surface area contributed by atoms with Crippen LogP contribution in [0.15, 0.2) is 30.5 Å². The highest BCUT2D eigenvalue weighted by Gasteiger charge is 2.50. The van der Waals surface area contributed by atoms with Gasteiger partial charge in [-0.1, -0.05) is 23.8 Å². The fraction of sp³-hybridized carbons (Fsp3) is 0.421. The molecule has 0 aromatic carbocycles. The zero-order valence-electron chi connectivity index (χ0n) is 15.4. The van der Waals surface area contributed by atoms with Gasteiger partial charge in [0.25, 0.3) is 5.91 Å². The smallest absolute Gasteiger partial charge is 0.329 e. The molecule has 1 aliphatic carbocycles. The summed E-state index contributed by atoms with van der Waals surface area (Å²) in [5, 5.41) is 2.92. The molecule has 0 radical (unpaired) electrons. The molecule has 1 aromatic heterocycles. The van der Waals surface area contributed by atoms with Gasteiger partial charge in [-0.2, -0.15) is 0 Å². The largest absolute Gasteiger partial charge is 0.451 e. The van der Waals surface area contributed by atoms with Crippen LogP contribution in [0.3, 0.4) is 0 Å². The molecule has 1 saturated heterocycles. The Hall–Kier alpha value is -2.74. The van der Waals surface area contributed by atoms with Crippen LogP contribution < -0.4 is 5.32 Å². The summed E-state index contributed by atoms with van der Waals surface area (Å²) in [4.78, 5) is 54.6. The number of amides is 3. The summed E-state index contributed by atoms with van der Waals surface area (Å²) >= 11 is 5.74. The van der Waals surface area contributed by atoms with Crippen LogP contribution in [-0.2, 0) is 23.9 Å². The zero-order chi connectivity index (χ0) is 20.4. The van der Waals surface area contributed by atoms with Crippen molar-refractivity contribution in [2.45, 2.75) is 38.8 Å². The summed E-state index contributed by atoms with van der Waals surface area (Å²) in [7, 11) is 0. The monoisotopic (exact) mass is 405 g/mol. The van der Waals surface area contributed by atoms with E-state index < -0.39 is 35.9 Å². The first-order valence-corrected chi connectivity index (χ1v) is 9.32. The van der Waals surface area contributed by atoms with Gasteiger partial charge in [-0.15, -0.1) is 0 Å². The molecule has 0 spiro atoms. The van der Waals surface area contributed by atoms with Crippen LogP contribution in [0.2, 0.25) is 5.02 Å². The Labute approximate surface area is 166 Å². The lowest BCUT2D eigenvalue weighted by Crippen LogP contribution is -2.46. The van der Waals surface area contributed by atoms with Crippen LogP contribution in [0.1, 0.15) is 26.7 Å². The van der Waals surface area contributed by atoms with E-state index in [2.05, 4.69) is 10.3 Å². The van der Waals surface area contributed by atoms with Crippen LogP contribution in [0.5, 0.6) is 0 Å². The number of halogens is 1. The normalized spacial score (nSPS) is 23.2. The number of nitrogens with zero attached hydrogens (tertiary/aromatic N) is 2. The molecule has 9 heteroatoms. The standard InChI is InChI=1S/C19H20ClN3O5/c1-10(23-17(25)13-5-3-4-6-14(13)18(23)26)19(27)28-11(2)16(24)22-15-8-7-12(20)9-21-15/h3-4,7-11,13-14H,5-6H2,1-2H3,(H,21,22,24)/t10-,11-,13-,14-/m0/s1. The second-order valence-electron chi connectivity index (χ2n) is 6.81. The molecule has 1 N–H and O–H groups in total. The molecule has 1 aliphatic heterocycles. The number of allylic oxidation sites excluding steroid dienone is 2. The number of anilines is 1. The van der Waals surface area contributed by atoms with Gasteiger partial charge in [0.15, 0.2) is 6.10 Å². The Bertz CT molecular complexity index is 812. The van der Waals surface area contributed by atoms with Crippen molar-refractivity contribution in [2.75, 3.05) is 5.32 Å². The average Bonchev–Trinajstić information content (AvgIpc) is 2.93. The Morgan fingerprint density at radius 1 is 1.18 bits per heavy atom. The van der Waals surface area contributed by atoms with E-state index in [1.54, 1.807) is 6.07 Å². The molecule has 2 aliphatic rings. The highest BCUT2D eigenvalue weighted by Crippen LogP contribution is 2.36. The van der Waals surface area contributed by atoms with Gasteiger partial charge < -0.3 is 10.1 Å². The van der Waals surface area contributed by atoms with Crippen molar-refractivity contribution in [3.8, 4) is 0 Å². The van der Waals surface area contributed by atoms with E-state index in [0.29, 0.717) is 17.9 Å². The van der Waals surface area contributed by atoms with E-state index in [9.17, 15) is 19.2 Å². The quantitative estimate of drug-likeness (QED) is 0.456. The van der Waals surface area contributed by atoms with Crippen molar-refractivity contribution in [3.63, 3.8) is 0 Å². The van der Waals surface area contributed by atoms with Crippen LogP contribution in [0.4, 0.5) is 5.82 Å². The molecule has 4 atom stereocenters. The number of hydrogen-bond acceptors (Lipinski definition) is 6. The number of rotatable bonds is 5. The minimum atomic E-state index is -1.14. The van der Waals surface area contributed by atoms with Gasteiger partial charge in [0.05, 0.1) is 16.9 Å². The van der Waals surface area contributed by atoms with Gasteiger partial charge in [-0.05, 0) is 38.8 Å². The number of hydrogen-bond donors (Lipinski definition) is 1. The molecule has 1 aromatic rings. The van der Waals surface area contributed by atoms with Gasteiger partial charge in [0.1, 0.15) is 11.9 Å². The van der Waals surface area contributed by atoms with Crippen molar-refractivity contribution < 1.29 is 23.9 Å². The first-order chi connectivity index (χ1) is 13.3. The second kappa shape index (κ2) is 8.10. The Morgan fingerprint density at radius 2 is 1.79 bits per heavy atom. The first-order valence-electron chi connectivity index (χ1n) is 8.94. The molecule has 28 heavy (non-hydrogen) atoms. The van der Waals surface area contributed by atoms with Gasteiger partial charge in [-0.3, -0.25) is 19.3 Å². The van der Waals surface area contributed by atoms with Crippen molar-refractivity contribution in [2.24, 2.45) is 11.8 Å². The van der Waals surface area contributed by atoms with Crippen molar-refractivity contribution in [1.82, 2.24) is 9.88 Å². The van der Waals surface area contributed by atoms with Gasteiger partial charge in [0, 0.05) is 6.20 Å². The van der Waals surface area contributed by atoms with E-state index in [4.69, 9.17) is 16.3 Å². The summed E-state index contributed by atoms with van der Waals surface area (Å²) in [5.74, 6) is -2.74. The SMILES string of the molecule is C[C@H](OC(=O)[C@H](C)N1C(=O)[C@H]2CC=CC[C@@H]2C1=O)C(=O)Nc1ccc(Cl)cn1. The van der Waals surface area contributed by atoms with E-state index in [-0.39, 0.29) is 17.6 Å². The molecular formula is C19H20ClN3O5. The van der Waals surface area contributed by atoms with Crippen LogP contribution in [-0.4, -0.2) is 45.7 Å². The number of imide groups is 1. The fourth-order valence-corrected chi connectivity index (χ4v) is 3.43. The molecule has 1 fully saturated rings. The minimum absolute atomic E-state index is 0.256. The molecule has 0 saturated carbocycles. The molecule has 2 heterocycles. The maximum Gasteiger partial charge on any atom is 0.329 e. The number of pyridine rings is 1. The lowest BCUT2D eigenvalue weighted by molar-refractivity contribution is -0.163. The zero-order valence-corrected chi connectivity index (χ0v) is 16.2. The highest BCUT2D eigenvalue weighted by molar-refractivity contribution is 6.30. The summed E-state index contributed by atoms with van der Waals surface area (Å²) in [6.45, 7) is 2.82. The maximum absolute atomic E-state index is 12.5. The van der Waals surface area contributed by atoms with Crippen LogP contribution in [0, 0.1) is 11.8 Å². The third-order valence-electron chi connectivity index (χ3n) is 4.91. The molecule has 148 valence electrons. The Morgan fingerprint density at radius 3 is 2.32 bits per heavy atom. The predicted octanol–water partition coefficient (Wildman–Crippen LogP) is 1.94. The molecule has 0 bridgehead atoms. The lowest BCUT2D eigenvalue weighted by atomic mass is 9.85. The number of esters is 1. The van der Waals surface area contributed by atoms with E-state index >= 15 is 0 Å². The number of aromatic nitrogens is 1. The number of ether oxygens (including phenoxy) is 1.